The summed E-state index contributed by atoms with van der Waals surface area (Å²) in [5, 5.41) is 23.3. The quantitative estimate of drug-likeness (QED) is 0.0902. The number of anilines is 2. The molecule has 2 amide bonds. The smallest absolute Gasteiger partial charge is 0.423 e. The van der Waals surface area contributed by atoms with Gasteiger partial charge < -0.3 is 32.1 Å². The number of carbonyl (C=O) groups excluding carboxylic acids is 2. The first-order chi connectivity index (χ1) is 27.9. The molecule has 8 N–H and O–H groups in total. The number of nitrogens with one attached hydrogen (secondary N) is 2. The fourth-order valence-electron chi connectivity index (χ4n) is 6.08. The van der Waals surface area contributed by atoms with Crippen molar-refractivity contribution in [3.63, 3.8) is 0 Å². The van der Waals surface area contributed by atoms with Gasteiger partial charge in [0, 0.05) is 45.6 Å². The molecule has 58 heavy (non-hydrogen) atoms. The number of aromatic nitrogens is 6. The van der Waals surface area contributed by atoms with Crippen molar-refractivity contribution in [3.05, 3.63) is 119 Å². The highest BCUT2D eigenvalue weighted by Crippen LogP contribution is 2.31. The predicted molar refractivity (Wildman–Crippen MR) is 222 cm³/mol. The second-order valence-electron chi connectivity index (χ2n) is 13.2. The second kappa shape index (κ2) is 19.9. The number of hydrogen-bond acceptors (Lipinski definition) is 14. The van der Waals surface area contributed by atoms with Crippen molar-refractivity contribution in [3.8, 4) is 11.3 Å². The Morgan fingerprint density at radius 3 is 1.71 bits per heavy atom. The monoisotopic (exact) mass is 890 g/mol. The third kappa shape index (κ3) is 11.4. The van der Waals surface area contributed by atoms with Crippen LogP contribution in [-0.2, 0) is 38.8 Å². The summed E-state index contributed by atoms with van der Waals surface area (Å²) in [6, 6.07) is 9.57. The van der Waals surface area contributed by atoms with Crippen molar-refractivity contribution in [1.29, 1.82) is 0 Å². The van der Waals surface area contributed by atoms with Gasteiger partial charge in [0.25, 0.3) is 11.8 Å². The van der Waals surface area contributed by atoms with E-state index >= 15 is 0 Å². The zero-order chi connectivity index (χ0) is 41.2. The van der Waals surface area contributed by atoms with Crippen LogP contribution in [-0.4, -0.2) is 58.9 Å². The number of nitrogens with two attached hydrogens (primary N) is 2. The van der Waals surface area contributed by atoms with E-state index in [9.17, 15) is 18.4 Å². The number of fused-ring (bicyclic) bond motifs is 2. The van der Waals surface area contributed by atoms with Crippen LogP contribution >= 0.6 is 38.6 Å². The molecule has 2 aliphatic carbocycles. The largest absolute Gasteiger partial charge is 0.490 e. The van der Waals surface area contributed by atoms with Crippen molar-refractivity contribution in [2.75, 3.05) is 11.5 Å². The van der Waals surface area contributed by atoms with Crippen molar-refractivity contribution in [2.24, 2.45) is 0 Å². The average molecular weight is 892 g/mol. The summed E-state index contributed by atoms with van der Waals surface area (Å²) in [5.41, 5.74) is 14.5. The molecule has 0 aromatic carbocycles. The third-order valence-corrected chi connectivity index (χ3v) is 12.0. The normalized spacial score (nSPS) is 12.8. The molecule has 0 saturated carbocycles. The maximum absolute atomic E-state index is 14.4. The van der Waals surface area contributed by atoms with E-state index in [-0.39, 0.29) is 47.7 Å². The number of pyridine rings is 2. The molecule has 20 heteroatoms. The molecule has 14 nitrogen and oxygen atoms in total. The number of aryl methyl sites for hydroxylation is 4. The van der Waals surface area contributed by atoms with Crippen LogP contribution in [0.25, 0.3) is 11.3 Å². The highest BCUT2D eigenvalue weighted by Gasteiger charge is 2.20. The lowest BCUT2D eigenvalue weighted by molar-refractivity contribution is 0.0946. The maximum Gasteiger partial charge on any atom is 0.490 e. The van der Waals surface area contributed by atoms with Crippen molar-refractivity contribution in [2.45, 2.75) is 64.5 Å². The number of amides is 2. The Morgan fingerprint density at radius 2 is 1.24 bits per heavy atom. The summed E-state index contributed by atoms with van der Waals surface area (Å²) in [4.78, 5) is 51.7. The van der Waals surface area contributed by atoms with E-state index in [0.717, 1.165) is 44.6 Å². The summed E-state index contributed by atoms with van der Waals surface area (Å²) in [6.45, 7) is -0.0194. The van der Waals surface area contributed by atoms with Crippen LogP contribution in [0.3, 0.4) is 0 Å². The van der Waals surface area contributed by atoms with Crippen LogP contribution in [0.5, 0.6) is 0 Å². The van der Waals surface area contributed by atoms with Gasteiger partial charge in [-0.3, -0.25) is 19.6 Å². The van der Waals surface area contributed by atoms with Gasteiger partial charge in [-0.15, -0.1) is 22.7 Å². The molecule has 0 bridgehead atoms. The molecule has 0 fully saturated rings. The minimum Gasteiger partial charge on any atom is -0.423 e. The maximum atomic E-state index is 14.4. The first kappa shape index (κ1) is 42.3. The van der Waals surface area contributed by atoms with Crippen LogP contribution in [0.2, 0.25) is 0 Å². The molecule has 0 saturated heterocycles. The summed E-state index contributed by atoms with van der Waals surface area (Å²) < 4.78 is 28.9. The van der Waals surface area contributed by atoms with Crippen LogP contribution in [0.1, 0.15) is 77.3 Å². The fraction of sp³-hybridized carbons (Fsp3) is 0.263. The SMILES string of the molecule is Nc1nccc(-c2cnc(CNC(=O)c3cc4c(s3)CCCC4)c(F)c2)n1.Nc1nccc(Br)n1.O=C(NCc1ncc(B(O)O)cc1F)c1cc2c(s1)CCCC2. The van der Waals surface area contributed by atoms with E-state index in [1.807, 2.05) is 12.1 Å². The molecule has 2 aliphatic rings. The van der Waals surface area contributed by atoms with Gasteiger partial charge in [-0.25, -0.2) is 28.7 Å². The van der Waals surface area contributed by atoms with E-state index in [0.29, 0.717) is 31.6 Å². The van der Waals surface area contributed by atoms with E-state index in [1.165, 1.54) is 81.1 Å². The lowest BCUT2D eigenvalue weighted by Crippen LogP contribution is -2.31. The Hall–Kier alpha value is -5.28. The van der Waals surface area contributed by atoms with E-state index in [1.54, 1.807) is 18.3 Å². The molecular formula is C38H38BBrF2N10O4S2. The van der Waals surface area contributed by atoms with Gasteiger partial charge in [0.2, 0.25) is 11.9 Å². The highest BCUT2D eigenvalue weighted by molar-refractivity contribution is 9.10. The van der Waals surface area contributed by atoms with Crippen LogP contribution in [0.15, 0.2) is 65.8 Å². The number of halogens is 3. The van der Waals surface area contributed by atoms with Gasteiger partial charge in [0.15, 0.2) is 0 Å². The van der Waals surface area contributed by atoms with E-state index in [2.05, 4.69) is 56.5 Å². The molecule has 0 atom stereocenters. The molecule has 300 valence electrons. The van der Waals surface area contributed by atoms with Crippen molar-refractivity contribution in [1.82, 2.24) is 40.5 Å². The number of rotatable bonds is 8. The van der Waals surface area contributed by atoms with Gasteiger partial charge in [0.05, 0.1) is 39.9 Å². The van der Waals surface area contributed by atoms with Crippen molar-refractivity contribution >= 4 is 74.9 Å². The molecule has 6 aromatic rings. The lowest BCUT2D eigenvalue weighted by atomic mass is 9.81. The standard InChI is InChI=1S/C19H18FN5OS.C15H16BFN2O3S.C4H4BrN3/c20-13-7-12(14-5-6-22-19(21)25-14)9-23-15(13)10-24-18(26)17-8-11-3-1-2-4-16(11)27-17;17-11-6-10(16(21)22)7-18-12(11)8-19-15(20)14-5-9-3-1-2-4-13(9)23-14;5-3-1-2-7-4(6)8-3/h5-9H,1-4,10H2,(H,24,26)(H2,21,22,25);5-7,21-22H,1-4,8H2,(H,19,20);1-2H,(H2,6,7,8). The molecule has 6 heterocycles. The second-order valence-corrected chi connectivity index (χ2v) is 16.2. The van der Waals surface area contributed by atoms with E-state index < -0.39 is 18.8 Å². The summed E-state index contributed by atoms with van der Waals surface area (Å²) in [6.07, 6.45) is 14.6. The third-order valence-electron chi connectivity index (χ3n) is 9.04. The topological polar surface area (TPSA) is 228 Å². The Kier molecular flexibility index (Phi) is 14.5. The average Bonchev–Trinajstić information content (AvgIpc) is 3.85. The number of nitrogens with zero attached hydrogens (tertiary/aromatic N) is 6. The number of nitrogen functional groups attached to an aromatic ring is 2. The van der Waals surface area contributed by atoms with Gasteiger partial charge in [-0.1, -0.05) is 0 Å². The first-order valence-corrected chi connectivity index (χ1v) is 20.6. The molecular weight excluding hydrogens is 853 g/mol. The predicted octanol–water partition coefficient (Wildman–Crippen LogP) is 4.72. The van der Waals surface area contributed by atoms with Crippen molar-refractivity contribution < 1.29 is 28.4 Å². The summed E-state index contributed by atoms with van der Waals surface area (Å²) in [5.74, 6) is -1.21. The molecule has 0 spiro atoms. The Labute approximate surface area is 348 Å². The van der Waals surface area contributed by atoms with Crippen LogP contribution in [0, 0.1) is 11.6 Å². The van der Waals surface area contributed by atoms with Gasteiger partial charge in [0.1, 0.15) is 16.2 Å². The fourth-order valence-corrected chi connectivity index (χ4v) is 8.72. The number of hydrogen-bond donors (Lipinski definition) is 6. The Bertz CT molecular complexity index is 2340. The van der Waals surface area contributed by atoms with Gasteiger partial charge in [-0.2, -0.15) is 0 Å². The zero-order valence-electron chi connectivity index (χ0n) is 30.9. The van der Waals surface area contributed by atoms with E-state index in [4.69, 9.17) is 21.5 Å². The van der Waals surface area contributed by atoms with Gasteiger partial charge in [-0.05, 0) is 115 Å². The number of carbonyl (C=O) groups is 2. The van der Waals surface area contributed by atoms with Crippen LogP contribution < -0.4 is 27.6 Å². The number of thiophene rings is 2. The lowest BCUT2D eigenvalue weighted by Gasteiger charge is -2.08. The Morgan fingerprint density at radius 1 is 0.724 bits per heavy atom. The summed E-state index contributed by atoms with van der Waals surface area (Å²) >= 11 is 6.16. The summed E-state index contributed by atoms with van der Waals surface area (Å²) in [7, 11) is -1.77. The minimum atomic E-state index is -1.77. The highest BCUT2D eigenvalue weighted by atomic mass is 79.9. The van der Waals surface area contributed by atoms with Crippen LogP contribution in [0.4, 0.5) is 20.7 Å². The molecule has 0 unspecified atom stereocenters. The van der Waals surface area contributed by atoms with Gasteiger partial charge >= 0.3 is 7.12 Å². The molecule has 0 radical (unpaired) electrons. The minimum absolute atomic E-state index is 0.0245. The zero-order valence-corrected chi connectivity index (χ0v) is 34.1. The Balaban J connectivity index is 0.000000166. The molecule has 6 aromatic heterocycles. The first-order valence-electron chi connectivity index (χ1n) is 18.2. The molecule has 8 rings (SSSR count). The molecule has 0 aliphatic heterocycles.